The van der Waals surface area contributed by atoms with E-state index in [9.17, 15) is 5.11 Å². The Hall–Kier alpha value is -1.39. The average Bonchev–Trinajstić information content (AvgIpc) is 2.88. The van der Waals surface area contributed by atoms with E-state index in [0.717, 1.165) is 22.9 Å². The lowest BCUT2D eigenvalue weighted by Gasteiger charge is -2.22. The van der Waals surface area contributed by atoms with Gasteiger partial charge in [-0.3, -0.25) is 0 Å². The lowest BCUT2D eigenvalue weighted by molar-refractivity contribution is 0.301. The Morgan fingerprint density at radius 2 is 1.90 bits per heavy atom. The summed E-state index contributed by atoms with van der Waals surface area (Å²) in [6.45, 7) is 8.03. The molecular weight excluding hydrogens is 268 g/mol. The van der Waals surface area contributed by atoms with Crippen LogP contribution in [0.5, 0.6) is 0 Å². The molecule has 0 fully saturated rings. The average molecular weight is 290 g/mol. The summed E-state index contributed by atoms with van der Waals surface area (Å²) in [4.78, 5) is 6.88. The van der Waals surface area contributed by atoms with E-state index < -0.39 is 0 Å². The number of aliphatic hydroxyl groups excluding tert-OH is 1. The highest BCUT2D eigenvalue weighted by Crippen LogP contribution is 2.25. The van der Waals surface area contributed by atoms with Gasteiger partial charge in [0.05, 0.1) is 18.8 Å². The number of aliphatic hydroxyl groups is 1. The van der Waals surface area contributed by atoms with Gasteiger partial charge in [-0.25, -0.2) is 4.98 Å². The molecule has 2 aromatic rings. The maximum atomic E-state index is 9.25. The highest BCUT2D eigenvalue weighted by atomic mass is 32.1. The summed E-state index contributed by atoms with van der Waals surface area (Å²) >= 11 is 1.69. The van der Waals surface area contributed by atoms with Crippen LogP contribution in [0.25, 0.3) is 0 Å². The van der Waals surface area contributed by atoms with Gasteiger partial charge in [0.1, 0.15) is 5.01 Å². The molecule has 20 heavy (non-hydrogen) atoms. The Kier molecular flexibility index (Phi) is 4.78. The zero-order valence-corrected chi connectivity index (χ0v) is 13.2. The fourth-order valence-electron chi connectivity index (χ4n) is 1.95. The van der Waals surface area contributed by atoms with Crippen molar-refractivity contribution in [3.63, 3.8) is 0 Å². The van der Waals surface area contributed by atoms with Crippen LogP contribution in [0.3, 0.4) is 0 Å². The largest absolute Gasteiger partial charge is 0.395 e. The summed E-state index contributed by atoms with van der Waals surface area (Å²) < 4.78 is 0. The number of rotatable bonds is 5. The van der Waals surface area contributed by atoms with Crippen LogP contribution in [0.4, 0.5) is 5.69 Å². The minimum absolute atomic E-state index is 0.0866. The molecule has 108 valence electrons. The molecule has 0 saturated heterocycles. The number of anilines is 1. The van der Waals surface area contributed by atoms with Crippen molar-refractivity contribution in [2.24, 2.45) is 0 Å². The Labute approximate surface area is 124 Å². The number of thiazole rings is 1. The first-order valence-electron chi connectivity index (χ1n) is 6.86. The fraction of sp³-hybridized carbons (Fsp3) is 0.438. The quantitative estimate of drug-likeness (QED) is 0.916. The third-order valence-corrected chi connectivity index (χ3v) is 3.97. The second kappa shape index (κ2) is 6.37. The van der Waals surface area contributed by atoms with Gasteiger partial charge < -0.3 is 10.0 Å². The van der Waals surface area contributed by atoms with Crippen molar-refractivity contribution >= 4 is 17.0 Å². The molecule has 2 rings (SSSR count). The SMILES string of the molecule is CC(C)(C)c1csc(CN(CCO)c2ccccc2)n1. The molecule has 1 N–H and O–H groups in total. The van der Waals surface area contributed by atoms with Crippen molar-refractivity contribution in [2.75, 3.05) is 18.1 Å². The maximum Gasteiger partial charge on any atom is 0.112 e. The molecule has 0 amide bonds. The molecule has 0 radical (unpaired) electrons. The van der Waals surface area contributed by atoms with Gasteiger partial charge in [0.25, 0.3) is 0 Å². The van der Waals surface area contributed by atoms with E-state index in [1.165, 1.54) is 0 Å². The zero-order valence-electron chi connectivity index (χ0n) is 12.3. The Balaban J connectivity index is 2.15. The van der Waals surface area contributed by atoms with E-state index in [0.29, 0.717) is 6.54 Å². The first-order valence-corrected chi connectivity index (χ1v) is 7.74. The fourth-order valence-corrected chi connectivity index (χ4v) is 2.99. The van der Waals surface area contributed by atoms with Crippen molar-refractivity contribution in [1.82, 2.24) is 4.98 Å². The van der Waals surface area contributed by atoms with Crippen LogP contribution in [-0.4, -0.2) is 23.2 Å². The minimum Gasteiger partial charge on any atom is -0.395 e. The Bertz CT molecular complexity index is 531. The molecule has 0 spiro atoms. The molecule has 0 aliphatic heterocycles. The van der Waals surface area contributed by atoms with Gasteiger partial charge in [-0.05, 0) is 12.1 Å². The van der Waals surface area contributed by atoms with Crippen LogP contribution in [0.15, 0.2) is 35.7 Å². The number of hydrogen-bond donors (Lipinski definition) is 1. The number of para-hydroxylation sites is 1. The van der Waals surface area contributed by atoms with E-state index in [1.54, 1.807) is 11.3 Å². The molecule has 0 aliphatic rings. The van der Waals surface area contributed by atoms with Gasteiger partial charge in [-0.1, -0.05) is 39.0 Å². The molecule has 1 heterocycles. The highest BCUT2D eigenvalue weighted by Gasteiger charge is 2.18. The van der Waals surface area contributed by atoms with Gasteiger partial charge >= 0.3 is 0 Å². The lowest BCUT2D eigenvalue weighted by Crippen LogP contribution is -2.26. The van der Waals surface area contributed by atoms with Gasteiger partial charge in [0.15, 0.2) is 0 Å². The zero-order chi connectivity index (χ0) is 14.6. The summed E-state index contributed by atoms with van der Waals surface area (Å²) in [5, 5.41) is 12.5. The topological polar surface area (TPSA) is 36.4 Å². The van der Waals surface area contributed by atoms with Crippen LogP contribution < -0.4 is 4.90 Å². The van der Waals surface area contributed by atoms with E-state index in [2.05, 4.69) is 43.2 Å². The number of aromatic nitrogens is 1. The molecule has 0 saturated carbocycles. The van der Waals surface area contributed by atoms with Crippen LogP contribution in [0.2, 0.25) is 0 Å². The minimum atomic E-state index is 0.0866. The smallest absolute Gasteiger partial charge is 0.112 e. The summed E-state index contributed by atoms with van der Waals surface area (Å²) in [7, 11) is 0. The van der Waals surface area contributed by atoms with Crippen LogP contribution in [0, 0.1) is 0 Å². The van der Waals surface area contributed by atoms with Gasteiger partial charge in [-0.15, -0.1) is 11.3 Å². The molecule has 0 unspecified atom stereocenters. The molecular formula is C16H22N2OS. The number of benzene rings is 1. The van der Waals surface area contributed by atoms with E-state index in [1.807, 2.05) is 18.2 Å². The summed E-state index contributed by atoms with van der Waals surface area (Å²) in [5.41, 5.74) is 2.34. The van der Waals surface area contributed by atoms with Crippen LogP contribution in [-0.2, 0) is 12.0 Å². The van der Waals surface area contributed by atoms with E-state index in [-0.39, 0.29) is 12.0 Å². The first-order chi connectivity index (χ1) is 9.50. The predicted molar refractivity (Wildman–Crippen MR) is 85.4 cm³/mol. The Morgan fingerprint density at radius 3 is 2.45 bits per heavy atom. The van der Waals surface area contributed by atoms with Crippen LogP contribution >= 0.6 is 11.3 Å². The first kappa shape index (κ1) is 15.0. The van der Waals surface area contributed by atoms with Gasteiger partial charge in [0, 0.05) is 23.0 Å². The normalized spacial score (nSPS) is 11.6. The lowest BCUT2D eigenvalue weighted by atomic mass is 9.93. The van der Waals surface area contributed by atoms with E-state index >= 15 is 0 Å². The monoisotopic (exact) mass is 290 g/mol. The maximum absolute atomic E-state index is 9.25. The third-order valence-electron chi connectivity index (χ3n) is 3.14. The van der Waals surface area contributed by atoms with Crippen molar-refractivity contribution in [3.05, 3.63) is 46.4 Å². The molecule has 0 aliphatic carbocycles. The highest BCUT2D eigenvalue weighted by molar-refractivity contribution is 7.09. The molecule has 4 heteroatoms. The summed E-state index contributed by atoms with van der Waals surface area (Å²) in [6, 6.07) is 10.2. The third kappa shape index (κ3) is 3.81. The molecule has 1 aromatic carbocycles. The summed E-state index contributed by atoms with van der Waals surface area (Å²) in [5.74, 6) is 0. The number of hydrogen-bond acceptors (Lipinski definition) is 4. The van der Waals surface area contributed by atoms with Crippen molar-refractivity contribution in [2.45, 2.75) is 32.7 Å². The molecule has 3 nitrogen and oxygen atoms in total. The van der Waals surface area contributed by atoms with E-state index in [4.69, 9.17) is 4.98 Å². The predicted octanol–water partition coefficient (Wildman–Crippen LogP) is 3.44. The van der Waals surface area contributed by atoms with Crippen LogP contribution in [0.1, 0.15) is 31.5 Å². The van der Waals surface area contributed by atoms with Crippen molar-refractivity contribution in [1.29, 1.82) is 0 Å². The Morgan fingerprint density at radius 1 is 1.20 bits per heavy atom. The second-order valence-corrected chi connectivity index (χ2v) is 6.80. The summed E-state index contributed by atoms with van der Waals surface area (Å²) in [6.07, 6.45) is 0. The second-order valence-electron chi connectivity index (χ2n) is 5.86. The van der Waals surface area contributed by atoms with Crippen molar-refractivity contribution < 1.29 is 5.11 Å². The van der Waals surface area contributed by atoms with Gasteiger partial charge in [-0.2, -0.15) is 0 Å². The molecule has 0 atom stereocenters. The standard InChI is InChI=1S/C16H22N2OS/c1-16(2,3)14-12-20-15(17-14)11-18(9-10-19)13-7-5-4-6-8-13/h4-8,12,19H,9-11H2,1-3H3. The van der Waals surface area contributed by atoms with Crippen molar-refractivity contribution in [3.8, 4) is 0 Å². The van der Waals surface area contributed by atoms with Gasteiger partial charge in [0.2, 0.25) is 0 Å². The molecule has 0 bridgehead atoms. The molecule has 1 aromatic heterocycles. The number of nitrogens with zero attached hydrogens (tertiary/aromatic N) is 2.